The van der Waals surface area contributed by atoms with Gasteiger partial charge < -0.3 is 19.3 Å². The minimum Gasteiger partial charge on any atom is -0.458 e. The van der Waals surface area contributed by atoms with E-state index in [2.05, 4.69) is 0 Å². The van der Waals surface area contributed by atoms with Crippen LogP contribution < -0.4 is 0 Å². The molecule has 0 aromatic carbocycles. The van der Waals surface area contributed by atoms with E-state index in [4.69, 9.17) is 14.2 Å². The van der Waals surface area contributed by atoms with Gasteiger partial charge in [0.25, 0.3) is 0 Å². The Balaban J connectivity index is 1.92. The number of epoxide rings is 1. The highest BCUT2D eigenvalue weighted by Gasteiger charge is 2.55. The largest absolute Gasteiger partial charge is 0.458 e. The molecule has 3 aliphatic rings. The molecular formula is C17H24O6. The molecule has 128 valence electrons. The van der Waals surface area contributed by atoms with Crippen molar-refractivity contribution >= 4 is 11.9 Å². The molecule has 0 amide bonds. The van der Waals surface area contributed by atoms with Crippen LogP contribution in [0.3, 0.4) is 0 Å². The highest BCUT2D eigenvalue weighted by molar-refractivity contribution is 5.75. The second-order valence-electron chi connectivity index (χ2n) is 7.05. The van der Waals surface area contributed by atoms with Gasteiger partial charge in [-0.05, 0) is 31.4 Å². The summed E-state index contributed by atoms with van der Waals surface area (Å²) in [5.41, 5.74) is 0.337. The summed E-state index contributed by atoms with van der Waals surface area (Å²) in [6.45, 7) is 5.03. The van der Waals surface area contributed by atoms with Crippen LogP contribution in [-0.4, -0.2) is 47.6 Å². The van der Waals surface area contributed by atoms with Crippen molar-refractivity contribution < 1.29 is 28.9 Å². The van der Waals surface area contributed by atoms with E-state index in [9.17, 15) is 14.7 Å². The number of hydrogen-bond donors (Lipinski definition) is 1. The fourth-order valence-corrected chi connectivity index (χ4v) is 3.76. The smallest absolute Gasteiger partial charge is 0.309 e. The van der Waals surface area contributed by atoms with Crippen molar-refractivity contribution in [3.63, 3.8) is 0 Å². The maximum absolute atomic E-state index is 11.9. The molecule has 1 aliphatic carbocycles. The Morgan fingerprint density at radius 3 is 2.91 bits per heavy atom. The lowest BCUT2D eigenvalue weighted by molar-refractivity contribution is -0.146. The SMILES string of the molecule is CC(=O)O[C@H]1C[C@H]2O[C@@]2(C)CC[C@@H]2[C@H](/C=C\1CO)OC(=O)[C@@H]2C. The summed E-state index contributed by atoms with van der Waals surface area (Å²) in [4.78, 5) is 23.3. The zero-order valence-corrected chi connectivity index (χ0v) is 13.8. The standard InChI is InChI=1S/C17H24O6/c1-9-12-4-5-17(3)15(23-17)7-13(21-10(2)19)11(8-18)6-14(12)22-16(9)20/h6,9,12-15,18H,4-5,7-8H2,1-3H3/b11-6-/t9-,12+,13+,14+,15-,17+/m1/s1. The van der Waals surface area contributed by atoms with Gasteiger partial charge >= 0.3 is 11.9 Å². The van der Waals surface area contributed by atoms with Crippen LogP contribution in [-0.2, 0) is 23.8 Å². The third-order valence-corrected chi connectivity index (χ3v) is 5.41. The zero-order valence-electron chi connectivity index (χ0n) is 13.8. The van der Waals surface area contributed by atoms with Crippen molar-refractivity contribution in [1.82, 2.24) is 0 Å². The van der Waals surface area contributed by atoms with E-state index in [0.717, 1.165) is 12.8 Å². The molecule has 0 aromatic rings. The van der Waals surface area contributed by atoms with E-state index in [0.29, 0.717) is 12.0 Å². The van der Waals surface area contributed by atoms with Crippen LogP contribution in [0.25, 0.3) is 0 Å². The molecule has 2 heterocycles. The Hall–Kier alpha value is -1.40. The molecule has 23 heavy (non-hydrogen) atoms. The number of hydrogen-bond acceptors (Lipinski definition) is 6. The van der Waals surface area contributed by atoms with Gasteiger partial charge in [0.15, 0.2) is 0 Å². The van der Waals surface area contributed by atoms with Gasteiger partial charge in [0.05, 0.1) is 24.2 Å². The molecule has 0 unspecified atom stereocenters. The first-order valence-corrected chi connectivity index (χ1v) is 8.21. The molecule has 0 spiro atoms. The van der Waals surface area contributed by atoms with E-state index >= 15 is 0 Å². The van der Waals surface area contributed by atoms with Crippen LogP contribution in [0.15, 0.2) is 11.6 Å². The van der Waals surface area contributed by atoms with Crippen molar-refractivity contribution in [2.24, 2.45) is 11.8 Å². The third-order valence-electron chi connectivity index (χ3n) is 5.41. The van der Waals surface area contributed by atoms with E-state index < -0.39 is 12.1 Å². The fraction of sp³-hybridized carbons (Fsp3) is 0.765. The summed E-state index contributed by atoms with van der Waals surface area (Å²) in [5.74, 6) is -0.734. The van der Waals surface area contributed by atoms with Gasteiger partial charge in [-0.2, -0.15) is 0 Å². The summed E-state index contributed by atoms with van der Waals surface area (Å²) < 4.78 is 16.7. The van der Waals surface area contributed by atoms with Crippen molar-refractivity contribution in [3.8, 4) is 0 Å². The molecule has 2 aliphatic heterocycles. The van der Waals surface area contributed by atoms with Crippen LogP contribution in [0.5, 0.6) is 0 Å². The minimum absolute atomic E-state index is 0.00618. The molecule has 2 fully saturated rings. The van der Waals surface area contributed by atoms with Crippen molar-refractivity contribution in [1.29, 1.82) is 0 Å². The number of aliphatic hydroxyl groups excluding tert-OH is 1. The van der Waals surface area contributed by atoms with Gasteiger partial charge in [0, 0.05) is 19.3 Å². The fourth-order valence-electron chi connectivity index (χ4n) is 3.76. The first kappa shape index (κ1) is 16.5. The Bertz CT molecular complexity index is 541. The summed E-state index contributed by atoms with van der Waals surface area (Å²) in [6, 6.07) is 0. The quantitative estimate of drug-likeness (QED) is 0.469. The molecule has 0 aromatic heterocycles. The molecule has 3 rings (SSSR count). The van der Waals surface area contributed by atoms with Crippen molar-refractivity contribution in [2.75, 3.05) is 6.61 Å². The highest BCUT2D eigenvalue weighted by atomic mass is 16.6. The Morgan fingerprint density at radius 2 is 2.26 bits per heavy atom. The number of aliphatic hydroxyl groups is 1. The Labute approximate surface area is 135 Å². The molecular weight excluding hydrogens is 300 g/mol. The topological polar surface area (TPSA) is 85.4 Å². The summed E-state index contributed by atoms with van der Waals surface area (Å²) in [6.07, 6.45) is 3.04. The summed E-state index contributed by atoms with van der Waals surface area (Å²) >= 11 is 0. The number of carbonyl (C=O) groups is 2. The number of esters is 2. The Morgan fingerprint density at radius 1 is 1.52 bits per heavy atom. The lowest BCUT2D eigenvalue weighted by Gasteiger charge is -2.24. The maximum atomic E-state index is 11.9. The third kappa shape index (κ3) is 3.15. The molecule has 0 radical (unpaired) electrons. The number of fused-ring (bicyclic) bond motifs is 2. The molecule has 0 saturated carbocycles. The normalized spacial score (nSPS) is 45.1. The summed E-state index contributed by atoms with van der Waals surface area (Å²) in [7, 11) is 0. The van der Waals surface area contributed by atoms with Gasteiger partial charge in [-0.25, -0.2) is 0 Å². The van der Waals surface area contributed by atoms with Gasteiger partial charge in [-0.1, -0.05) is 6.92 Å². The predicted molar refractivity (Wildman–Crippen MR) is 80.4 cm³/mol. The van der Waals surface area contributed by atoms with E-state index in [1.54, 1.807) is 6.08 Å². The molecule has 6 heteroatoms. The van der Waals surface area contributed by atoms with Gasteiger partial charge in [0.2, 0.25) is 0 Å². The van der Waals surface area contributed by atoms with Crippen LogP contribution in [0.1, 0.15) is 40.0 Å². The monoisotopic (exact) mass is 324 g/mol. The highest BCUT2D eigenvalue weighted by Crippen LogP contribution is 2.47. The Kier molecular flexibility index (Phi) is 4.23. The van der Waals surface area contributed by atoms with Crippen LogP contribution in [0, 0.1) is 11.8 Å². The molecule has 6 atom stereocenters. The van der Waals surface area contributed by atoms with Gasteiger partial charge in [0.1, 0.15) is 12.2 Å². The average Bonchev–Trinajstić information content (AvgIpc) is 3.03. The van der Waals surface area contributed by atoms with Crippen LogP contribution in [0.2, 0.25) is 0 Å². The van der Waals surface area contributed by atoms with Crippen LogP contribution in [0.4, 0.5) is 0 Å². The molecule has 0 bridgehead atoms. The van der Waals surface area contributed by atoms with Crippen molar-refractivity contribution in [2.45, 2.75) is 63.9 Å². The summed E-state index contributed by atoms with van der Waals surface area (Å²) in [5, 5.41) is 9.73. The zero-order chi connectivity index (χ0) is 16.8. The van der Waals surface area contributed by atoms with E-state index in [1.165, 1.54) is 6.92 Å². The lowest BCUT2D eigenvalue weighted by atomic mass is 9.82. The average molecular weight is 324 g/mol. The molecule has 1 N–H and O–H groups in total. The van der Waals surface area contributed by atoms with Crippen molar-refractivity contribution in [3.05, 3.63) is 11.6 Å². The predicted octanol–water partition coefficient (Wildman–Crippen LogP) is 1.36. The lowest BCUT2D eigenvalue weighted by Crippen LogP contribution is -2.29. The second-order valence-corrected chi connectivity index (χ2v) is 7.05. The number of rotatable bonds is 2. The minimum atomic E-state index is -0.544. The maximum Gasteiger partial charge on any atom is 0.309 e. The first-order valence-electron chi connectivity index (χ1n) is 8.21. The number of carbonyl (C=O) groups excluding carboxylic acids is 2. The van der Waals surface area contributed by atoms with Gasteiger partial charge in [-0.15, -0.1) is 0 Å². The van der Waals surface area contributed by atoms with Gasteiger partial charge in [-0.3, -0.25) is 9.59 Å². The second kappa shape index (κ2) is 5.91. The van der Waals surface area contributed by atoms with E-state index in [-0.39, 0.29) is 42.2 Å². The molecule has 6 nitrogen and oxygen atoms in total. The first-order chi connectivity index (χ1) is 10.8. The van der Waals surface area contributed by atoms with E-state index in [1.807, 2.05) is 13.8 Å². The molecule has 2 saturated heterocycles. The van der Waals surface area contributed by atoms with Crippen LogP contribution >= 0.6 is 0 Å². The number of ether oxygens (including phenoxy) is 3.